The molecule has 0 atom stereocenters. The first-order valence-corrected chi connectivity index (χ1v) is 8.84. The van der Waals surface area contributed by atoms with Gasteiger partial charge in [0.05, 0.1) is 17.7 Å². The molecule has 0 unspecified atom stereocenters. The zero-order valence-electron chi connectivity index (χ0n) is 15.3. The molecule has 0 aliphatic carbocycles. The Morgan fingerprint density at radius 2 is 1.75 bits per heavy atom. The molecule has 0 saturated carbocycles. The third-order valence-electron chi connectivity index (χ3n) is 3.81. The third kappa shape index (κ3) is 5.63. The second kappa shape index (κ2) is 9.45. The number of benzene rings is 2. The Morgan fingerprint density at radius 3 is 2.25 bits per heavy atom. The summed E-state index contributed by atoms with van der Waals surface area (Å²) in [6, 6.07) is 11.4. The SMILES string of the molecule is CCOC(=O)c1ccc(N(C)C(=C/S)/N=C/c2ccc(C(F)(F)F)cc2)cc1. The molecule has 0 aliphatic heterocycles. The zero-order valence-corrected chi connectivity index (χ0v) is 16.2. The maximum Gasteiger partial charge on any atom is 0.416 e. The summed E-state index contributed by atoms with van der Waals surface area (Å²) >= 11 is 4.15. The van der Waals surface area contributed by atoms with Crippen LogP contribution in [-0.2, 0) is 10.9 Å². The second-order valence-corrected chi connectivity index (χ2v) is 5.95. The molecule has 0 spiro atoms. The van der Waals surface area contributed by atoms with Gasteiger partial charge in [-0.05, 0) is 48.9 Å². The third-order valence-corrected chi connectivity index (χ3v) is 4.04. The largest absolute Gasteiger partial charge is 0.462 e. The maximum atomic E-state index is 12.6. The van der Waals surface area contributed by atoms with Crippen LogP contribution >= 0.6 is 12.6 Å². The molecule has 148 valence electrons. The highest BCUT2D eigenvalue weighted by Gasteiger charge is 2.29. The first-order valence-electron chi connectivity index (χ1n) is 8.33. The van der Waals surface area contributed by atoms with Crippen LogP contribution in [0.15, 0.2) is 64.8 Å². The quantitative estimate of drug-likeness (QED) is 0.408. The Morgan fingerprint density at radius 1 is 1.14 bits per heavy atom. The van der Waals surface area contributed by atoms with E-state index in [0.717, 1.165) is 17.8 Å². The number of ether oxygens (including phenoxy) is 1. The molecular weight excluding hydrogens is 389 g/mol. The number of aliphatic imine (C=N–C) groups is 1. The normalized spacial score (nSPS) is 12.3. The Hall–Kier alpha value is -2.74. The fourth-order valence-corrected chi connectivity index (χ4v) is 2.51. The van der Waals surface area contributed by atoms with Crippen LogP contribution in [-0.4, -0.2) is 25.8 Å². The van der Waals surface area contributed by atoms with E-state index < -0.39 is 17.7 Å². The molecule has 0 bridgehead atoms. The monoisotopic (exact) mass is 408 g/mol. The van der Waals surface area contributed by atoms with Crippen molar-refractivity contribution in [3.05, 3.63) is 76.5 Å². The minimum Gasteiger partial charge on any atom is -0.462 e. The number of thiol groups is 1. The fourth-order valence-electron chi connectivity index (χ4n) is 2.27. The summed E-state index contributed by atoms with van der Waals surface area (Å²) in [4.78, 5) is 17.7. The molecule has 0 amide bonds. The highest BCUT2D eigenvalue weighted by molar-refractivity contribution is 7.83. The minimum absolute atomic E-state index is 0.297. The summed E-state index contributed by atoms with van der Waals surface area (Å²) in [6.45, 7) is 2.03. The number of esters is 1. The van der Waals surface area contributed by atoms with Gasteiger partial charge in [0.15, 0.2) is 0 Å². The highest BCUT2D eigenvalue weighted by atomic mass is 32.1. The van der Waals surface area contributed by atoms with Gasteiger partial charge in [0.1, 0.15) is 5.82 Å². The average molecular weight is 408 g/mol. The van der Waals surface area contributed by atoms with Gasteiger partial charge >= 0.3 is 12.1 Å². The van der Waals surface area contributed by atoms with Crippen molar-refractivity contribution < 1.29 is 22.7 Å². The number of nitrogens with zero attached hydrogens (tertiary/aromatic N) is 2. The van der Waals surface area contributed by atoms with Crippen molar-refractivity contribution in [3.8, 4) is 0 Å². The topological polar surface area (TPSA) is 41.9 Å². The zero-order chi connectivity index (χ0) is 20.7. The van der Waals surface area contributed by atoms with Gasteiger partial charge in [-0.2, -0.15) is 13.2 Å². The van der Waals surface area contributed by atoms with Gasteiger partial charge in [-0.3, -0.25) is 0 Å². The highest BCUT2D eigenvalue weighted by Crippen LogP contribution is 2.29. The van der Waals surface area contributed by atoms with E-state index in [1.54, 1.807) is 43.1 Å². The van der Waals surface area contributed by atoms with Crippen molar-refractivity contribution >= 4 is 30.5 Å². The average Bonchev–Trinajstić information content (AvgIpc) is 2.68. The van der Waals surface area contributed by atoms with E-state index in [9.17, 15) is 18.0 Å². The van der Waals surface area contributed by atoms with Crippen LogP contribution in [0.3, 0.4) is 0 Å². The number of rotatable bonds is 6. The molecule has 0 aromatic heterocycles. The first-order chi connectivity index (χ1) is 13.3. The minimum atomic E-state index is -4.37. The summed E-state index contributed by atoms with van der Waals surface area (Å²) in [5, 5.41) is 1.47. The molecule has 28 heavy (non-hydrogen) atoms. The number of carbonyl (C=O) groups excluding carboxylic acids is 1. The van der Waals surface area contributed by atoms with E-state index in [1.807, 2.05) is 0 Å². The fraction of sp³-hybridized carbons (Fsp3) is 0.200. The van der Waals surface area contributed by atoms with Crippen molar-refractivity contribution in [1.82, 2.24) is 0 Å². The molecule has 0 radical (unpaired) electrons. The standard InChI is InChI=1S/C20H19F3N2O2S/c1-3-27-19(26)15-6-10-17(11-7-15)25(2)18(13-28)24-12-14-4-8-16(9-5-14)20(21,22)23/h4-13,28H,3H2,1-2H3/b18-13+,24-12+. The number of halogens is 3. The van der Waals surface area contributed by atoms with Gasteiger partial charge in [0, 0.05) is 24.4 Å². The van der Waals surface area contributed by atoms with Crippen LogP contribution in [0.25, 0.3) is 0 Å². The van der Waals surface area contributed by atoms with Crippen molar-refractivity contribution in [2.24, 2.45) is 4.99 Å². The Balaban J connectivity index is 2.12. The number of carbonyl (C=O) groups is 1. The van der Waals surface area contributed by atoms with Gasteiger partial charge in [0.2, 0.25) is 0 Å². The summed E-state index contributed by atoms with van der Waals surface area (Å²) in [6.07, 6.45) is -2.92. The van der Waals surface area contributed by atoms with E-state index in [2.05, 4.69) is 17.6 Å². The number of anilines is 1. The molecule has 0 heterocycles. The lowest BCUT2D eigenvalue weighted by atomic mass is 10.1. The molecule has 0 N–H and O–H groups in total. The Bertz CT molecular complexity index is 861. The molecule has 8 heteroatoms. The predicted molar refractivity (Wildman–Crippen MR) is 107 cm³/mol. The number of alkyl halides is 3. The second-order valence-electron chi connectivity index (χ2n) is 5.69. The lowest BCUT2D eigenvalue weighted by Crippen LogP contribution is -2.15. The van der Waals surface area contributed by atoms with Gasteiger partial charge in [-0.1, -0.05) is 12.1 Å². The summed E-state index contributed by atoms with van der Waals surface area (Å²) in [5.41, 5.74) is 0.988. The van der Waals surface area contributed by atoms with E-state index in [-0.39, 0.29) is 0 Å². The predicted octanol–water partition coefficient (Wildman–Crippen LogP) is 5.17. The van der Waals surface area contributed by atoms with Crippen LogP contribution in [0.2, 0.25) is 0 Å². The van der Waals surface area contributed by atoms with Gasteiger partial charge in [-0.15, -0.1) is 12.6 Å². The number of hydrogen-bond donors (Lipinski definition) is 1. The van der Waals surface area contributed by atoms with Crippen LogP contribution < -0.4 is 4.90 Å². The van der Waals surface area contributed by atoms with Crippen LogP contribution in [0.4, 0.5) is 18.9 Å². The number of hydrogen-bond acceptors (Lipinski definition) is 5. The molecule has 2 aromatic rings. The molecule has 0 saturated heterocycles. The molecule has 2 rings (SSSR count). The summed E-state index contributed by atoms with van der Waals surface area (Å²) < 4.78 is 42.8. The van der Waals surface area contributed by atoms with Gasteiger partial charge in [0.25, 0.3) is 0 Å². The molecule has 0 fully saturated rings. The van der Waals surface area contributed by atoms with Crippen molar-refractivity contribution in [3.63, 3.8) is 0 Å². The lowest BCUT2D eigenvalue weighted by Gasteiger charge is -2.19. The van der Waals surface area contributed by atoms with Crippen LogP contribution in [0.5, 0.6) is 0 Å². The van der Waals surface area contributed by atoms with Crippen molar-refractivity contribution in [2.45, 2.75) is 13.1 Å². The van der Waals surface area contributed by atoms with E-state index in [0.29, 0.717) is 23.6 Å². The summed E-state index contributed by atoms with van der Waals surface area (Å²) in [5.74, 6) is 0.0640. The molecule has 4 nitrogen and oxygen atoms in total. The van der Waals surface area contributed by atoms with E-state index in [4.69, 9.17) is 4.74 Å². The first kappa shape index (κ1) is 21.6. The lowest BCUT2D eigenvalue weighted by molar-refractivity contribution is -0.137. The van der Waals surface area contributed by atoms with Gasteiger partial charge < -0.3 is 9.64 Å². The molecule has 2 aromatic carbocycles. The van der Waals surface area contributed by atoms with Gasteiger partial charge in [-0.25, -0.2) is 9.79 Å². The van der Waals surface area contributed by atoms with Crippen LogP contribution in [0.1, 0.15) is 28.4 Å². The van der Waals surface area contributed by atoms with E-state index in [1.165, 1.54) is 23.8 Å². The molecular formula is C20H19F3N2O2S. The maximum absolute atomic E-state index is 12.6. The van der Waals surface area contributed by atoms with E-state index >= 15 is 0 Å². The Labute approximate surface area is 166 Å². The molecule has 0 aliphatic rings. The summed E-state index contributed by atoms with van der Waals surface area (Å²) in [7, 11) is 1.76. The van der Waals surface area contributed by atoms with Crippen molar-refractivity contribution in [1.29, 1.82) is 0 Å². The Kier molecular flexibility index (Phi) is 7.28. The van der Waals surface area contributed by atoms with Crippen molar-refractivity contribution in [2.75, 3.05) is 18.6 Å². The smallest absolute Gasteiger partial charge is 0.416 e. The van der Waals surface area contributed by atoms with Crippen LogP contribution in [0, 0.1) is 0 Å².